The van der Waals surface area contributed by atoms with Gasteiger partial charge in [-0.3, -0.25) is 9.78 Å². The highest BCUT2D eigenvalue weighted by molar-refractivity contribution is 6.06. The highest BCUT2D eigenvalue weighted by Crippen LogP contribution is 2.19. The van der Waals surface area contributed by atoms with E-state index in [1.165, 1.54) is 4.90 Å². The van der Waals surface area contributed by atoms with Crippen LogP contribution in [0.3, 0.4) is 0 Å². The Labute approximate surface area is 112 Å². The number of carbonyl (C=O) groups is 1. The lowest BCUT2D eigenvalue weighted by molar-refractivity contribution is 0.0705. The normalized spacial score (nSPS) is 12.4. The minimum atomic E-state index is -0.539. The molecule has 1 aromatic carbocycles. The molecular formula is C15H18N2O2. The predicted molar refractivity (Wildman–Crippen MR) is 75.1 cm³/mol. The van der Waals surface area contributed by atoms with Crippen LogP contribution in [0, 0.1) is 6.92 Å². The predicted octanol–water partition coefficient (Wildman–Crippen LogP) is 2.00. The van der Waals surface area contributed by atoms with E-state index in [1.54, 1.807) is 20.0 Å². The van der Waals surface area contributed by atoms with Gasteiger partial charge in [0.05, 0.1) is 17.2 Å². The molecule has 0 radical (unpaired) electrons. The van der Waals surface area contributed by atoms with Crippen molar-refractivity contribution in [3.8, 4) is 0 Å². The lowest BCUT2D eigenvalue weighted by atomic mass is 10.1. The number of aliphatic hydroxyl groups is 1. The van der Waals surface area contributed by atoms with Gasteiger partial charge in [0.1, 0.15) is 0 Å². The number of amides is 1. The second kappa shape index (κ2) is 5.36. The molecule has 0 aliphatic carbocycles. The van der Waals surface area contributed by atoms with Crippen LogP contribution in [0.5, 0.6) is 0 Å². The number of benzene rings is 1. The van der Waals surface area contributed by atoms with E-state index < -0.39 is 6.10 Å². The van der Waals surface area contributed by atoms with Crippen molar-refractivity contribution in [2.24, 2.45) is 0 Å². The van der Waals surface area contributed by atoms with Gasteiger partial charge in [-0.25, -0.2) is 0 Å². The molecule has 0 spiro atoms. The zero-order valence-corrected chi connectivity index (χ0v) is 11.4. The van der Waals surface area contributed by atoms with E-state index in [2.05, 4.69) is 4.98 Å². The number of hydrogen-bond acceptors (Lipinski definition) is 3. The maximum Gasteiger partial charge on any atom is 0.254 e. The molecule has 19 heavy (non-hydrogen) atoms. The molecule has 0 aliphatic heterocycles. The summed E-state index contributed by atoms with van der Waals surface area (Å²) in [5, 5.41) is 10.2. The first kappa shape index (κ1) is 13.5. The quantitative estimate of drug-likeness (QED) is 0.916. The molecule has 0 bridgehead atoms. The summed E-state index contributed by atoms with van der Waals surface area (Å²) in [6.45, 7) is 3.85. The lowest BCUT2D eigenvalue weighted by Gasteiger charge is -2.19. The minimum Gasteiger partial charge on any atom is -0.392 e. The number of nitrogens with zero attached hydrogens (tertiary/aromatic N) is 2. The van der Waals surface area contributed by atoms with Crippen LogP contribution in [0.2, 0.25) is 0 Å². The largest absolute Gasteiger partial charge is 0.392 e. The Kier molecular flexibility index (Phi) is 3.81. The number of pyridine rings is 1. The molecule has 1 unspecified atom stereocenters. The van der Waals surface area contributed by atoms with Crippen molar-refractivity contribution < 1.29 is 9.90 Å². The smallest absolute Gasteiger partial charge is 0.254 e. The molecule has 4 nitrogen and oxygen atoms in total. The van der Waals surface area contributed by atoms with Crippen LogP contribution in [0.15, 0.2) is 30.3 Å². The average Bonchev–Trinajstić information content (AvgIpc) is 2.36. The Hall–Kier alpha value is -1.94. The molecule has 0 saturated heterocycles. The number of carbonyl (C=O) groups excluding carboxylic acids is 1. The number of aromatic nitrogens is 1. The van der Waals surface area contributed by atoms with Crippen LogP contribution >= 0.6 is 0 Å². The van der Waals surface area contributed by atoms with E-state index in [1.807, 2.05) is 31.2 Å². The highest BCUT2D eigenvalue weighted by atomic mass is 16.3. The van der Waals surface area contributed by atoms with Gasteiger partial charge < -0.3 is 10.0 Å². The van der Waals surface area contributed by atoms with Gasteiger partial charge in [0.15, 0.2) is 0 Å². The van der Waals surface area contributed by atoms with E-state index in [9.17, 15) is 9.90 Å². The Morgan fingerprint density at radius 3 is 2.79 bits per heavy atom. The number of hydrogen-bond donors (Lipinski definition) is 1. The number of aryl methyl sites for hydroxylation is 1. The van der Waals surface area contributed by atoms with Crippen molar-refractivity contribution in [1.82, 2.24) is 9.88 Å². The number of aliphatic hydroxyl groups excluding tert-OH is 1. The topological polar surface area (TPSA) is 53.4 Å². The number of likely N-dealkylation sites (N-methyl/N-ethyl adjacent to an activating group) is 1. The van der Waals surface area contributed by atoms with Gasteiger partial charge in [0.2, 0.25) is 0 Å². The third-order valence-corrected chi connectivity index (χ3v) is 2.96. The lowest BCUT2D eigenvalue weighted by Crippen LogP contribution is -2.33. The van der Waals surface area contributed by atoms with Gasteiger partial charge in [-0.15, -0.1) is 0 Å². The SMILES string of the molecule is Cc1cc(C(=O)N(C)CC(C)O)c2ccccc2n1. The first-order valence-electron chi connectivity index (χ1n) is 6.29. The van der Waals surface area contributed by atoms with Crippen molar-refractivity contribution >= 4 is 16.8 Å². The average molecular weight is 258 g/mol. The third kappa shape index (κ3) is 2.90. The summed E-state index contributed by atoms with van der Waals surface area (Å²) in [5.74, 6) is -0.0948. The fourth-order valence-electron chi connectivity index (χ4n) is 2.17. The van der Waals surface area contributed by atoms with Crippen molar-refractivity contribution in [3.05, 3.63) is 41.6 Å². The standard InChI is InChI=1S/C15H18N2O2/c1-10-8-13(15(19)17(3)9-11(2)18)12-6-4-5-7-14(12)16-10/h4-8,11,18H,9H2,1-3H3. The summed E-state index contributed by atoms with van der Waals surface area (Å²) in [7, 11) is 1.69. The zero-order valence-electron chi connectivity index (χ0n) is 11.4. The van der Waals surface area contributed by atoms with Gasteiger partial charge >= 0.3 is 0 Å². The second-order valence-electron chi connectivity index (χ2n) is 4.86. The summed E-state index contributed by atoms with van der Waals surface area (Å²) < 4.78 is 0. The van der Waals surface area contributed by atoms with E-state index in [-0.39, 0.29) is 5.91 Å². The number of rotatable bonds is 3. The van der Waals surface area contributed by atoms with Gasteiger partial charge in [-0.1, -0.05) is 18.2 Å². The van der Waals surface area contributed by atoms with Crippen molar-refractivity contribution in [2.75, 3.05) is 13.6 Å². The van der Waals surface area contributed by atoms with Crippen LogP contribution in [-0.2, 0) is 0 Å². The molecule has 1 heterocycles. The van der Waals surface area contributed by atoms with Crippen molar-refractivity contribution in [2.45, 2.75) is 20.0 Å². The molecule has 0 aliphatic rings. The van der Waals surface area contributed by atoms with E-state index >= 15 is 0 Å². The Morgan fingerprint density at radius 2 is 2.11 bits per heavy atom. The van der Waals surface area contributed by atoms with E-state index in [4.69, 9.17) is 0 Å². The molecule has 100 valence electrons. The van der Waals surface area contributed by atoms with Crippen molar-refractivity contribution in [3.63, 3.8) is 0 Å². The first-order chi connectivity index (χ1) is 8.99. The summed E-state index contributed by atoms with van der Waals surface area (Å²) >= 11 is 0. The number of fused-ring (bicyclic) bond motifs is 1. The van der Waals surface area contributed by atoms with Gasteiger partial charge in [-0.2, -0.15) is 0 Å². The highest BCUT2D eigenvalue weighted by Gasteiger charge is 2.16. The monoisotopic (exact) mass is 258 g/mol. The Balaban J connectivity index is 2.47. The molecule has 0 fully saturated rings. The van der Waals surface area contributed by atoms with Gasteiger partial charge in [0.25, 0.3) is 5.91 Å². The molecule has 2 aromatic rings. The molecule has 4 heteroatoms. The fourth-order valence-corrected chi connectivity index (χ4v) is 2.17. The Bertz CT molecular complexity index is 608. The molecule has 1 aromatic heterocycles. The summed E-state index contributed by atoms with van der Waals surface area (Å²) in [5.41, 5.74) is 2.26. The van der Waals surface area contributed by atoms with Crippen LogP contribution in [0.4, 0.5) is 0 Å². The second-order valence-corrected chi connectivity index (χ2v) is 4.86. The maximum absolute atomic E-state index is 12.4. The molecule has 1 atom stereocenters. The third-order valence-electron chi connectivity index (χ3n) is 2.96. The zero-order chi connectivity index (χ0) is 14.0. The molecule has 2 rings (SSSR count). The molecule has 1 amide bonds. The summed E-state index contributed by atoms with van der Waals surface area (Å²) in [6, 6.07) is 9.38. The molecule has 0 saturated carbocycles. The number of para-hydroxylation sites is 1. The van der Waals surface area contributed by atoms with Crippen LogP contribution in [0.1, 0.15) is 23.0 Å². The summed E-state index contributed by atoms with van der Waals surface area (Å²) in [6.07, 6.45) is -0.539. The van der Waals surface area contributed by atoms with Crippen molar-refractivity contribution in [1.29, 1.82) is 0 Å². The summed E-state index contributed by atoms with van der Waals surface area (Å²) in [4.78, 5) is 18.4. The molecule has 1 N–H and O–H groups in total. The first-order valence-corrected chi connectivity index (χ1v) is 6.29. The van der Waals surface area contributed by atoms with Gasteiger partial charge in [0, 0.05) is 24.7 Å². The Morgan fingerprint density at radius 1 is 1.42 bits per heavy atom. The fraction of sp³-hybridized carbons (Fsp3) is 0.333. The van der Waals surface area contributed by atoms with Crippen LogP contribution in [0.25, 0.3) is 10.9 Å². The minimum absolute atomic E-state index is 0.0948. The molecular weight excluding hydrogens is 240 g/mol. The van der Waals surface area contributed by atoms with Crippen LogP contribution in [-0.4, -0.2) is 40.6 Å². The van der Waals surface area contributed by atoms with Crippen LogP contribution < -0.4 is 0 Å². The van der Waals surface area contributed by atoms with E-state index in [0.717, 1.165) is 16.6 Å². The van der Waals surface area contributed by atoms with E-state index in [0.29, 0.717) is 12.1 Å². The maximum atomic E-state index is 12.4. The van der Waals surface area contributed by atoms with Gasteiger partial charge in [-0.05, 0) is 26.0 Å².